The molecule has 0 radical (unpaired) electrons. The van der Waals surface area contributed by atoms with Crippen LogP contribution in [0.2, 0.25) is 0 Å². The van der Waals surface area contributed by atoms with E-state index in [-0.39, 0.29) is 0 Å². The lowest BCUT2D eigenvalue weighted by Crippen LogP contribution is -2.47. The van der Waals surface area contributed by atoms with Gasteiger partial charge < -0.3 is 10.2 Å². The minimum atomic E-state index is 0.743. The molecule has 3 heteroatoms. The predicted octanol–water partition coefficient (Wildman–Crippen LogP) is 3.35. The van der Waals surface area contributed by atoms with Gasteiger partial charge in [-0.15, -0.1) is 0 Å². The summed E-state index contributed by atoms with van der Waals surface area (Å²) in [5.41, 5.74) is 1.36. The highest BCUT2D eigenvalue weighted by molar-refractivity contribution is 5.48. The summed E-state index contributed by atoms with van der Waals surface area (Å²) in [5, 5.41) is 3.45. The van der Waals surface area contributed by atoms with Crippen LogP contribution < -0.4 is 10.2 Å². The molecule has 0 amide bonds. The number of hydrogen-bond acceptors (Lipinski definition) is 3. The molecule has 1 N–H and O–H groups in total. The number of anilines is 1. The fourth-order valence-corrected chi connectivity index (χ4v) is 3.97. The normalized spacial score (nSPS) is 26.4. The van der Waals surface area contributed by atoms with Gasteiger partial charge in [0, 0.05) is 30.9 Å². The van der Waals surface area contributed by atoms with Crippen LogP contribution in [0.1, 0.15) is 51.0 Å². The van der Waals surface area contributed by atoms with E-state index in [1.165, 1.54) is 56.5 Å². The van der Waals surface area contributed by atoms with Crippen molar-refractivity contribution >= 4 is 5.82 Å². The molecular formula is C17H27N3. The number of hydrogen-bond donors (Lipinski definition) is 1. The van der Waals surface area contributed by atoms with Crippen molar-refractivity contribution in [1.82, 2.24) is 10.3 Å². The van der Waals surface area contributed by atoms with Crippen LogP contribution in [0.4, 0.5) is 5.82 Å². The third-order valence-electron chi connectivity index (χ3n) is 4.95. The lowest BCUT2D eigenvalue weighted by atomic mass is 9.78. The molecular weight excluding hydrogens is 246 g/mol. The first-order valence-corrected chi connectivity index (χ1v) is 8.31. The summed E-state index contributed by atoms with van der Waals surface area (Å²) in [7, 11) is 0. The zero-order valence-corrected chi connectivity index (χ0v) is 12.6. The molecule has 2 atom stereocenters. The third kappa shape index (κ3) is 2.83. The second kappa shape index (κ2) is 6.57. The average Bonchev–Trinajstić information content (AvgIpc) is 2.53. The summed E-state index contributed by atoms with van der Waals surface area (Å²) in [5.74, 6) is 2.15. The van der Waals surface area contributed by atoms with Crippen molar-refractivity contribution in [2.24, 2.45) is 5.92 Å². The van der Waals surface area contributed by atoms with Gasteiger partial charge in [-0.1, -0.05) is 25.8 Å². The second-order valence-corrected chi connectivity index (χ2v) is 6.21. The van der Waals surface area contributed by atoms with Gasteiger partial charge in [0.1, 0.15) is 5.82 Å². The Morgan fingerprint density at radius 1 is 1.25 bits per heavy atom. The van der Waals surface area contributed by atoms with E-state index < -0.39 is 0 Å². The smallest absolute Gasteiger partial charge is 0.133 e. The predicted molar refractivity (Wildman–Crippen MR) is 83.9 cm³/mol. The number of aromatic nitrogens is 1. The van der Waals surface area contributed by atoms with Crippen LogP contribution in [0.15, 0.2) is 18.3 Å². The van der Waals surface area contributed by atoms with Gasteiger partial charge in [0.05, 0.1) is 0 Å². The second-order valence-electron chi connectivity index (χ2n) is 6.21. The SMILES string of the molecule is CCNCc1cccnc1N1CCC[C@H]2CCCC[C@H]21. The number of nitrogens with zero attached hydrogens (tertiary/aromatic N) is 2. The molecule has 1 aromatic rings. The molecule has 1 saturated carbocycles. The molecule has 1 aromatic heterocycles. The highest BCUT2D eigenvalue weighted by Gasteiger charge is 2.34. The first kappa shape index (κ1) is 13.9. The Hall–Kier alpha value is -1.09. The van der Waals surface area contributed by atoms with Crippen LogP contribution in [-0.4, -0.2) is 24.1 Å². The standard InChI is InChI=1S/C17H27N3/c1-2-18-13-15-8-5-11-19-17(15)20-12-6-9-14-7-3-4-10-16(14)20/h5,8,11,14,16,18H,2-4,6-7,9-10,12-13H2,1H3/t14-,16-/m1/s1. The van der Waals surface area contributed by atoms with Crippen LogP contribution in [0, 0.1) is 5.92 Å². The molecule has 1 aliphatic carbocycles. The van der Waals surface area contributed by atoms with Crippen LogP contribution in [-0.2, 0) is 6.54 Å². The molecule has 1 saturated heterocycles. The first-order valence-electron chi connectivity index (χ1n) is 8.31. The van der Waals surface area contributed by atoms with Crippen LogP contribution in [0.25, 0.3) is 0 Å². The fourth-order valence-electron chi connectivity index (χ4n) is 3.97. The maximum absolute atomic E-state index is 4.73. The van der Waals surface area contributed by atoms with Gasteiger partial charge in [0.25, 0.3) is 0 Å². The quantitative estimate of drug-likeness (QED) is 0.912. The van der Waals surface area contributed by atoms with Crippen molar-refractivity contribution in [3.05, 3.63) is 23.9 Å². The number of nitrogens with one attached hydrogen (secondary N) is 1. The van der Waals surface area contributed by atoms with E-state index in [0.29, 0.717) is 0 Å². The molecule has 0 aromatic carbocycles. The molecule has 3 rings (SSSR count). The van der Waals surface area contributed by atoms with Crippen molar-refractivity contribution in [2.75, 3.05) is 18.0 Å². The monoisotopic (exact) mass is 273 g/mol. The zero-order valence-electron chi connectivity index (χ0n) is 12.6. The van der Waals surface area contributed by atoms with Gasteiger partial charge in [-0.3, -0.25) is 0 Å². The molecule has 0 bridgehead atoms. The third-order valence-corrected chi connectivity index (χ3v) is 4.95. The lowest BCUT2D eigenvalue weighted by Gasteiger charge is -2.45. The average molecular weight is 273 g/mol. The Kier molecular flexibility index (Phi) is 4.56. The zero-order chi connectivity index (χ0) is 13.8. The van der Waals surface area contributed by atoms with Crippen molar-refractivity contribution < 1.29 is 0 Å². The van der Waals surface area contributed by atoms with E-state index >= 15 is 0 Å². The lowest BCUT2D eigenvalue weighted by molar-refractivity contribution is 0.242. The summed E-state index contributed by atoms with van der Waals surface area (Å²) >= 11 is 0. The van der Waals surface area contributed by atoms with Crippen LogP contribution in [0.3, 0.4) is 0 Å². The van der Waals surface area contributed by atoms with Gasteiger partial charge >= 0.3 is 0 Å². The van der Waals surface area contributed by atoms with Crippen molar-refractivity contribution in [2.45, 2.75) is 58.0 Å². The van der Waals surface area contributed by atoms with Crippen molar-refractivity contribution in [3.63, 3.8) is 0 Å². The van der Waals surface area contributed by atoms with E-state index in [0.717, 1.165) is 25.0 Å². The maximum Gasteiger partial charge on any atom is 0.133 e. The summed E-state index contributed by atoms with van der Waals surface area (Å²) in [6, 6.07) is 5.04. The molecule has 0 unspecified atom stereocenters. The number of rotatable bonds is 4. The number of pyridine rings is 1. The summed E-state index contributed by atoms with van der Waals surface area (Å²) in [6.07, 6.45) is 10.3. The van der Waals surface area contributed by atoms with Gasteiger partial charge in [-0.2, -0.15) is 0 Å². The molecule has 2 heterocycles. The Balaban J connectivity index is 1.83. The summed E-state index contributed by atoms with van der Waals surface area (Å²) < 4.78 is 0. The van der Waals surface area contributed by atoms with Crippen LogP contribution in [0.5, 0.6) is 0 Å². The molecule has 2 fully saturated rings. The van der Waals surface area contributed by atoms with Crippen LogP contribution >= 0.6 is 0 Å². The van der Waals surface area contributed by atoms with Crippen molar-refractivity contribution in [3.8, 4) is 0 Å². The van der Waals surface area contributed by atoms with E-state index in [9.17, 15) is 0 Å². The molecule has 0 spiro atoms. The largest absolute Gasteiger partial charge is 0.353 e. The topological polar surface area (TPSA) is 28.2 Å². The van der Waals surface area contributed by atoms with Gasteiger partial charge in [-0.25, -0.2) is 4.98 Å². The fraction of sp³-hybridized carbons (Fsp3) is 0.706. The van der Waals surface area contributed by atoms with Gasteiger partial charge in [-0.05, 0) is 44.2 Å². The van der Waals surface area contributed by atoms with E-state index in [1.807, 2.05) is 6.20 Å². The minimum absolute atomic E-state index is 0.743. The highest BCUT2D eigenvalue weighted by atomic mass is 15.2. The summed E-state index contributed by atoms with van der Waals surface area (Å²) in [4.78, 5) is 7.36. The molecule has 2 aliphatic rings. The molecule has 1 aliphatic heterocycles. The van der Waals surface area contributed by atoms with E-state index in [1.54, 1.807) is 0 Å². The Morgan fingerprint density at radius 3 is 3.00 bits per heavy atom. The highest BCUT2D eigenvalue weighted by Crippen LogP contribution is 2.37. The maximum atomic E-state index is 4.73. The van der Waals surface area contributed by atoms with Crippen molar-refractivity contribution in [1.29, 1.82) is 0 Å². The van der Waals surface area contributed by atoms with E-state index in [2.05, 4.69) is 29.3 Å². The molecule has 20 heavy (non-hydrogen) atoms. The Labute approximate surface area is 122 Å². The first-order chi connectivity index (χ1) is 9.90. The number of fused-ring (bicyclic) bond motifs is 1. The Bertz CT molecular complexity index is 430. The molecule has 3 nitrogen and oxygen atoms in total. The minimum Gasteiger partial charge on any atom is -0.353 e. The van der Waals surface area contributed by atoms with Gasteiger partial charge in [0.15, 0.2) is 0 Å². The number of piperidine rings is 1. The molecule has 110 valence electrons. The van der Waals surface area contributed by atoms with E-state index in [4.69, 9.17) is 4.98 Å². The van der Waals surface area contributed by atoms with Gasteiger partial charge in [0.2, 0.25) is 0 Å². The Morgan fingerprint density at radius 2 is 2.10 bits per heavy atom. The summed E-state index contributed by atoms with van der Waals surface area (Å²) in [6.45, 7) is 5.30.